The number of benzene rings is 2. The number of rotatable bonds is 6. The lowest BCUT2D eigenvalue weighted by Gasteiger charge is -2.58. The number of Topliss-reactive ketones (excluding diaryl/α,β-unsaturated/α-hetero) is 1. The van der Waals surface area contributed by atoms with Crippen LogP contribution in [0.2, 0.25) is 0 Å². The van der Waals surface area contributed by atoms with Crippen LogP contribution in [0.4, 0.5) is 0 Å². The van der Waals surface area contributed by atoms with Gasteiger partial charge in [0.2, 0.25) is 0 Å². The van der Waals surface area contributed by atoms with Gasteiger partial charge >= 0.3 is 0 Å². The second-order valence-corrected chi connectivity index (χ2v) is 11.6. The highest BCUT2D eigenvalue weighted by molar-refractivity contribution is 9.10. The van der Waals surface area contributed by atoms with Crippen LogP contribution in [-0.2, 0) is 9.59 Å². The molecule has 3 aliphatic rings. The number of nitrogens with zero attached hydrogens (tertiary/aromatic N) is 2. The predicted octanol–water partition coefficient (Wildman–Crippen LogP) is 5.66. The van der Waals surface area contributed by atoms with Gasteiger partial charge in [0, 0.05) is 50.3 Å². The maximum Gasteiger partial charge on any atom is 0.187 e. The van der Waals surface area contributed by atoms with Crippen molar-refractivity contribution in [3.05, 3.63) is 117 Å². The quantitative estimate of drug-likeness (QED) is 0.301. The molecule has 3 aliphatic heterocycles. The third-order valence-electron chi connectivity index (χ3n) is 7.40. The number of fused-ring (bicyclic) bond motifs is 6. The lowest BCUT2D eigenvalue weighted by Crippen LogP contribution is -2.73. The Balaban J connectivity index is 1.49. The number of halogens is 2. The molecule has 8 heteroatoms. The Kier molecular flexibility index (Phi) is 6.96. The van der Waals surface area contributed by atoms with Crippen LogP contribution >= 0.6 is 31.9 Å². The first-order valence-corrected chi connectivity index (χ1v) is 13.7. The third kappa shape index (κ3) is 4.56. The number of carbonyl (C=O) groups excluding carboxylic acids is 4. The number of piperidine rings is 1. The lowest BCUT2D eigenvalue weighted by molar-refractivity contribution is -0.146. The zero-order valence-electron chi connectivity index (χ0n) is 20.7. The molecule has 192 valence electrons. The normalized spacial score (nSPS) is 26.3. The molecular weight excluding hydrogens is 612 g/mol. The van der Waals surface area contributed by atoms with Gasteiger partial charge in [0.05, 0.1) is 11.5 Å². The fraction of sp³-hybridized carbons (Fsp3) is 0.200. The van der Waals surface area contributed by atoms with E-state index in [0.717, 1.165) is 14.6 Å². The van der Waals surface area contributed by atoms with E-state index in [0.29, 0.717) is 11.1 Å². The van der Waals surface area contributed by atoms with Crippen LogP contribution in [0, 0.1) is 5.92 Å². The molecule has 3 heterocycles. The van der Waals surface area contributed by atoms with Gasteiger partial charge in [0.15, 0.2) is 23.1 Å². The van der Waals surface area contributed by atoms with Crippen molar-refractivity contribution in [3.8, 4) is 0 Å². The fourth-order valence-electron chi connectivity index (χ4n) is 5.34. The molecule has 2 aromatic carbocycles. The van der Waals surface area contributed by atoms with Crippen LogP contribution in [-0.4, -0.2) is 50.6 Å². The zero-order valence-corrected chi connectivity index (χ0v) is 23.8. The van der Waals surface area contributed by atoms with Crippen LogP contribution in [0.25, 0.3) is 0 Å². The van der Waals surface area contributed by atoms with E-state index in [4.69, 9.17) is 0 Å². The van der Waals surface area contributed by atoms with Gasteiger partial charge in [-0.3, -0.25) is 19.2 Å². The van der Waals surface area contributed by atoms with E-state index < -0.39 is 23.5 Å². The Labute approximate surface area is 237 Å². The number of carbonyl (C=O) groups is 4. The average Bonchev–Trinajstić information content (AvgIpc) is 2.89. The van der Waals surface area contributed by atoms with Crippen LogP contribution in [0.3, 0.4) is 0 Å². The Morgan fingerprint density at radius 3 is 1.92 bits per heavy atom. The largest absolute Gasteiger partial charge is 0.355 e. The van der Waals surface area contributed by atoms with Crippen molar-refractivity contribution in [2.75, 3.05) is 0 Å². The first-order chi connectivity index (χ1) is 18.1. The highest BCUT2D eigenvalue weighted by atomic mass is 79.9. The van der Waals surface area contributed by atoms with Crippen LogP contribution < -0.4 is 0 Å². The van der Waals surface area contributed by atoms with Crippen molar-refractivity contribution in [2.45, 2.75) is 31.5 Å². The van der Waals surface area contributed by atoms with Gasteiger partial charge in [-0.15, -0.1) is 0 Å². The summed E-state index contributed by atoms with van der Waals surface area (Å²) in [5.74, 6) is -1.27. The van der Waals surface area contributed by atoms with Gasteiger partial charge in [0.25, 0.3) is 0 Å². The number of allylic oxidation sites excluding steroid dienone is 3. The highest BCUT2D eigenvalue weighted by Gasteiger charge is 2.59. The molecule has 0 saturated carbocycles. The number of hydrogen-bond donors (Lipinski definition) is 0. The van der Waals surface area contributed by atoms with Crippen molar-refractivity contribution in [1.29, 1.82) is 0 Å². The van der Waals surface area contributed by atoms with Crippen molar-refractivity contribution < 1.29 is 19.2 Å². The summed E-state index contributed by atoms with van der Waals surface area (Å²) in [6.45, 7) is 3.78. The van der Waals surface area contributed by atoms with Crippen LogP contribution in [0.5, 0.6) is 0 Å². The molecule has 38 heavy (non-hydrogen) atoms. The summed E-state index contributed by atoms with van der Waals surface area (Å²) in [6, 6.07) is 12.4. The molecule has 2 aromatic rings. The van der Waals surface area contributed by atoms with E-state index in [1.54, 1.807) is 71.9 Å². The van der Waals surface area contributed by atoms with Crippen molar-refractivity contribution in [3.63, 3.8) is 0 Å². The first kappa shape index (κ1) is 26.3. The summed E-state index contributed by atoms with van der Waals surface area (Å²) in [6.07, 6.45) is 11.2. The lowest BCUT2D eigenvalue weighted by atomic mass is 9.66. The van der Waals surface area contributed by atoms with E-state index >= 15 is 0 Å². The SMILES string of the molecule is CC1=CC2C(=O)C(C3C(=O)C=CC2(C)N3C=CC(=O)c2ccc(Br)cc2)N1C=CC(=O)c1ccc(Br)cc1. The molecule has 1 saturated heterocycles. The minimum Gasteiger partial charge on any atom is -0.355 e. The van der Waals surface area contributed by atoms with Crippen LogP contribution in [0.1, 0.15) is 34.6 Å². The maximum atomic E-state index is 13.7. The second kappa shape index (κ2) is 10.1. The highest BCUT2D eigenvalue weighted by Crippen LogP contribution is 2.45. The Morgan fingerprint density at radius 1 is 0.842 bits per heavy atom. The molecule has 1 fully saturated rings. The van der Waals surface area contributed by atoms with Gasteiger partial charge in [-0.2, -0.15) is 0 Å². The number of hydrogen-bond acceptors (Lipinski definition) is 6. The summed E-state index contributed by atoms with van der Waals surface area (Å²) in [5.41, 5.74) is 0.999. The van der Waals surface area contributed by atoms with E-state index in [9.17, 15) is 19.2 Å². The van der Waals surface area contributed by atoms with Gasteiger partial charge in [-0.1, -0.05) is 44.0 Å². The van der Waals surface area contributed by atoms with E-state index in [1.807, 2.05) is 24.8 Å². The van der Waals surface area contributed by atoms with Crippen molar-refractivity contribution in [2.24, 2.45) is 5.92 Å². The zero-order chi connectivity index (χ0) is 27.2. The van der Waals surface area contributed by atoms with Crippen LogP contribution in [0.15, 0.2) is 106 Å². The molecule has 0 spiro atoms. The van der Waals surface area contributed by atoms with Crippen molar-refractivity contribution in [1.82, 2.24) is 9.80 Å². The van der Waals surface area contributed by atoms with Gasteiger partial charge in [-0.05, 0) is 68.5 Å². The first-order valence-electron chi connectivity index (χ1n) is 12.1. The summed E-state index contributed by atoms with van der Waals surface area (Å²) in [5, 5.41) is 0. The third-order valence-corrected chi connectivity index (χ3v) is 8.46. The molecule has 4 atom stereocenters. The Hall–Kier alpha value is -3.36. The van der Waals surface area contributed by atoms with Crippen molar-refractivity contribution >= 4 is 55.0 Å². The van der Waals surface area contributed by atoms with Gasteiger partial charge < -0.3 is 9.80 Å². The molecule has 0 aromatic heterocycles. The van der Waals surface area contributed by atoms with E-state index in [-0.39, 0.29) is 23.1 Å². The Bertz CT molecular complexity index is 1460. The fourth-order valence-corrected chi connectivity index (χ4v) is 5.87. The summed E-state index contributed by atoms with van der Waals surface area (Å²) in [4.78, 5) is 56.2. The molecular formula is C30H24Br2N2O4. The molecule has 4 unspecified atom stereocenters. The molecule has 0 aliphatic carbocycles. The second-order valence-electron chi connectivity index (χ2n) is 9.73. The summed E-state index contributed by atoms with van der Waals surface area (Å²) in [7, 11) is 0. The topological polar surface area (TPSA) is 74.8 Å². The Morgan fingerprint density at radius 2 is 1.37 bits per heavy atom. The standard InChI is InChI=1S/C30H24Br2N2O4/c1-18-17-23-29(38)28(33(18)15-12-24(35)19-3-7-21(31)8-4-19)27-26(37)11-14-30(23,2)34(27)16-13-25(36)20-5-9-22(32)10-6-20/h3-17,23,27-28H,1-2H3. The number of ketones is 4. The predicted molar refractivity (Wildman–Crippen MR) is 151 cm³/mol. The molecule has 4 bridgehead atoms. The molecule has 0 N–H and O–H groups in total. The van der Waals surface area contributed by atoms with Gasteiger partial charge in [-0.25, -0.2) is 0 Å². The monoisotopic (exact) mass is 634 g/mol. The molecule has 0 amide bonds. The molecule has 6 nitrogen and oxygen atoms in total. The summed E-state index contributed by atoms with van der Waals surface area (Å²) >= 11 is 6.74. The smallest absolute Gasteiger partial charge is 0.187 e. The average molecular weight is 636 g/mol. The minimum absolute atomic E-state index is 0.0922. The van der Waals surface area contributed by atoms with Gasteiger partial charge in [0.1, 0.15) is 12.1 Å². The molecule has 5 rings (SSSR count). The van der Waals surface area contributed by atoms with E-state index in [1.165, 1.54) is 18.2 Å². The van der Waals surface area contributed by atoms with E-state index in [2.05, 4.69) is 31.9 Å². The minimum atomic E-state index is -0.848. The summed E-state index contributed by atoms with van der Waals surface area (Å²) < 4.78 is 1.73. The maximum absolute atomic E-state index is 13.7. The molecule has 0 radical (unpaired) electrons.